The van der Waals surface area contributed by atoms with E-state index >= 15 is 0 Å². The molecule has 0 atom stereocenters. The molecule has 0 aromatic heterocycles. The summed E-state index contributed by atoms with van der Waals surface area (Å²) in [6.07, 6.45) is 0. The van der Waals surface area contributed by atoms with Gasteiger partial charge < -0.3 is 10.2 Å². The van der Waals surface area contributed by atoms with E-state index in [1.54, 1.807) is 18.2 Å². The van der Waals surface area contributed by atoms with Crippen molar-refractivity contribution in [1.82, 2.24) is 15.1 Å². The number of nitrogens with zero attached hydrogens (tertiary/aromatic N) is 2. The summed E-state index contributed by atoms with van der Waals surface area (Å²) in [6.45, 7) is 5.96. The molecule has 1 aliphatic rings. The van der Waals surface area contributed by atoms with E-state index in [4.69, 9.17) is 11.6 Å². The number of nitrogens with one attached hydrogen (secondary N) is 1. The number of carbonyl (C=O) groups is 1. The predicted molar refractivity (Wildman–Crippen MR) is 110 cm³/mol. The maximum atomic E-state index is 12.3. The Balaban J connectivity index is 1.52. The van der Waals surface area contributed by atoms with Crippen molar-refractivity contribution in [2.75, 3.05) is 33.2 Å². The Kier molecular flexibility index (Phi) is 6.70. The van der Waals surface area contributed by atoms with E-state index in [-0.39, 0.29) is 5.91 Å². The fraction of sp³-hybridized carbons (Fsp3) is 0.350. The summed E-state index contributed by atoms with van der Waals surface area (Å²) in [5, 5.41) is 3.49. The Bertz CT molecular complexity index is 758. The van der Waals surface area contributed by atoms with E-state index in [0.29, 0.717) is 17.1 Å². The molecule has 3 rings (SSSR count). The number of piperazine rings is 1. The molecule has 1 heterocycles. The minimum atomic E-state index is -0.138. The van der Waals surface area contributed by atoms with Gasteiger partial charge in [-0.05, 0) is 52.3 Å². The smallest absolute Gasteiger partial charge is 0.252 e. The number of hydrogen-bond acceptors (Lipinski definition) is 3. The Labute approximate surface area is 168 Å². The molecular formula is C20H23BrClN3O. The van der Waals surface area contributed by atoms with Gasteiger partial charge in [-0.2, -0.15) is 0 Å². The second kappa shape index (κ2) is 9.00. The molecular weight excluding hydrogens is 414 g/mol. The minimum Gasteiger partial charge on any atom is -0.348 e. The van der Waals surface area contributed by atoms with Gasteiger partial charge in [-0.3, -0.25) is 9.69 Å². The number of hydrogen-bond donors (Lipinski definition) is 1. The number of likely N-dealkylation sites (N-methyl/N-ethyl adjacent to an activating group) is 1. The third-order valence-corrected chi connectivity index (χ3v) is 5.58. The van der Waals surface area contributed by atoms with Gasteiger partial charge in [-0.1, -0.05) is 35.9 Å². The zero-order valence-electron chi connectivity index (χ0n) is 14.8. The molecule has 1 saturated heterocycles. The first kappa shape index (κ1) is 19.4. The van der Waals surface area contributed by atoms with Crippen LogP contribution in [0.2, 0.25) is 5.02 Å². The van der Waals surface area contributed by atoms with Crippen molar-refractivity contribution in [3.05, 3.63) is 68.7 Å². The molecule has 0 aliphatic carbocycles. The van der Waals surface area contributed by atoms with E-state index in [1.165, 1.54) is 5.56 Å². The third-order valence-electron chi connectivity index (χ3n) is 4.65. The number of halogens is 2. The molecule has 0 radical (unpaired) electrons. The molecule has 0 bridgehead atoms. The van der Waals surface area contributed by atoms with Crippen LogP contribution < -0.4 is 5.32 Å². The Morgan fingerprint density at radius 3 is 2.42 bits per heavy atom. The van der Waals surface area contributed by atoms with Crippen LogP contribution in [0.25, 0.3) is 0 Å². The lowest BCUT2D eigenvalue weighted by Crippen LogP contribution is -2.43. The molecule has 0 saturated carbocycles. The SMILES string of the molecule is CN1CCN(Cc2ccc(CNC(=O)c3cc(Cl)ccc3Br)cc2)CC1. The van der Waals surface area contributed by atoms with Crippen LogP contribution in [0.5, 0.6) is 0 Å². The third kappa shape index (κ3) is 5.30. The predicted octanol–water partition coefficient (Wildman–Crippen LogP) is 3.78. The summed E-state index contributed by atoms with van der Waals surface area (Å²) in [5.41, 5.74) is 2.94. The van der Waals surface area contributed by atoms with E-state index in [9.17, 15) is 4.79 Å². The topological polar surface area (TPSA) is 35.6 Å². The van der Waals surface area contributed by atoms with Crippen LogP contribution in [-0.4, -0.2) is 48.9 Å². The Hall–Kier alpha value is -1.40. The van der Waals surface area contributed by atoms with E-state index in [0.717, 1.165) is 42.8 Å². The van der Waals surface area contributed by atoms with Gasteiger partial charge in [0.15, 0.2) is 0 Å². The zero-order valence-corrected chi connectivity index (χ0v) is 17.2. The van der Waals surface area contributed by atoms with Crippen LogP contribution >= 0.6 is 27.5 Å². The molecule has 138 valence electrons. The standard InChI is InChI=1S/C20H23BrClN3O/c1-24-8-10-25(11-9-24)14-16-4-2-15(3-5-16)13-23-20(26)18-12-17(22)6-7-19(18)21/h2-7,12H,8-11,13-14H2,1H3,(H,23,26). The summed E-state index contributed by atoms with van der Waals surface area (Å²) in [6, 6.07) is 13.7. The maximum absolute atomic E-state index is 12.3. The number of amides is 1. The van der Waals surface area contributed by atoms with Crippen molar-refractivity contribution in [3.63, 3.8) is 0 Å². The molecule has 2 aromatic carbocycles. The number of benzene rings is 2. The van der Waals surface area contributed by atoms with Crippen molar-refractivity contribution >= 4 is 33.4 Å². The summed E-state index contributed by atoms with van der Waals surface area (Å²) in [4.78, 5) is 17.2. The molecule has 0 unspecified atom stereocenters. The summed E-state index contributed by atoms with van der Waals surface area (Å²) in [7, 11) is 2.17. The largest absolute Gasteiger partial charge is 0.348 e. The second-order valence-corrected chi connectivity index (χ2v) is 7.99. The highest BCUT2D eigenvalue weighted by Gasteiger charge is 2.14. The molecule has 1 fully saturated rings. The van der Waals surface area contributed by atoms with E-state index < -0.39 is 0 Å². The molecule has 4 nitrogen and oxygen atoms in total. The first-order valence-electron chi connectivity index (χ1n) is 8.73. The number of carbonyl (C=O) groups excluding carboxylic acids is 1. The van der Waals surface area contributed by atoms with E-state index in [2.05, 4.69) is 62.4 Å². The van der Waals surface area contributed by atoms with Crippen LogP contribution in [0.3, 0.4) is 0 Å². The van der Waals surface area contributed by atoms with Gasteiger partial charge in [-0.25, -0.2) is 0 Å². The van der Waals surface area contributed by atoms with Gasteiger partial charge in [-0.15, -0.1) is 0 Å². The normalized spacial score (nSPS) is 15.8. The van der Waals surface area contributed by atoms with Crippen LogP contribution in [0, 0.1) is 0 Å². The molecule has 26 heavy (non-hydrogen) atoms. The quantitative estimate of drug-likeness (QED) is 0.775. The second-order valence-electron chi connectivity index (χ2n) is 6.70. The van der Waals surface area contributed by atoms with Crippen molar-refractivity contribution in [3.8, 4) is 0 Å². The Morgan fingerprint density at radius 2 is 1.73 bits per heavy atom. The highest BCUT2D eigenvalue weighted by molar-refractivity contribution is 9.10. The van der Waals surface area contributed by atoms with Crippen molar-refractivity contribution in [2.45, 2.75) is 13.1 Å². The van der Waals surface area contributed by atoms with Gasteiger partial charge in [0.25, 0.3) is 5.91 Å². The molecule has 1 aliphatic heterocycles. The lowest BCUT2D eigenvalue weighted by Gasteiger charge is -2.32. The lowest BCUT2D eigenvalue weighted by atomic mass is 10.1. The average molecular weight is 437 g/mol. The highest BCUT2D eigenvalue weighted by atomic mass is 79.9. The van der Waals surface area contributed by atoms with Crippen LogP contribution in [0.15, 0.2) is 46.9 Å². The maximum Gasteiger partial charge on any atom is 0.252 e. The molecule has 1 amide bonds. The van der Waals surface area contributed by atoms with Crippen molar-refractivity contribution < 1.29 is 4.79 Å². The van der Waals surface area contributed by atoms with Gasteiger partial charge in [0, 0.05) is 48.8 Å². The Morgan fingerprint density at radius 1 is 1.08 bits per heavy atom. The summed E-state index contributed by atoms with van der Waals surface area (Å²) >= 11 is 9.37. The molecule has 1 N–H and O–H groups in total. The minimum absolute atomic E-state index is 0.138. The summed E-state index contributed by atoms with van der Waals surface area (Å²) in [5.74, 6) is -0.138. The lowest BCUT2D eigenvalue weighted by molar-refractivity contribution is 0.0950. The fourth-order valence-corrected chi connectivity index (χ4v) is 3.57. The average Bonchev–Trinajstić information content (AvgIpc) is 2.65. The first-order chi connectivity index (χ1) is 12.5. The van der Waals surface area contributed by atoms with Gasteiger partial charge in [0.2, 0.25) is 0 Å². The first-order valence-corrected chi connectivity index (χ1v) is 9.90. The highest BCUT2D eigenvalue weighted by Crippen LogP contribution is 2.21. The monoisotopic (exact) mass is 435 g/mol. The fourth-order valence-electron chi connectivity index (χ4n) is 2.98. The molecule has 0 spiro atoms. The van der Waals surface area contributed by atoms with Crippen LogP contribution in [0.1, 0.15) is 21.5 Å². The van der Waals surface area contributed by atoms with Crippen LogP contribution in [0.4, 0.5) is 0 Å². The summed E-state index contributed by atoms with van der Waals surface area (Å²) < 4.78 is 0.738. The zero-order chi connectivity index (χ0) is 18.5. The molecule has 2 aromatic rings. The van der Waals surface area contributed by atoms with Crippen LogP contribution in [-0.2, 0) is 13.1 Å². The van der Waals surface area contributed by atoms with Crippen molar-refractivity contribution in [2.24, 2.45) is 0 Å². The van der Waals surface area contributed by atoms with Crippen molar-refractivity contribution in [1.29, 1.82) is 0 Å². The van der Waals surface area contributed by atoms with Gasteiger partial charge in [0.05, 0.1) is 5.56 Å². The van der Waals surface area contributed by atoms with Gasteiger partial charge in [0.1, 0.15) is 0 Å². The van der Waals surface area contributed by atoms with E-state index in [1.807, 2.05) is 0 Å². The molecule has 6 heteroatoms. The number of rotatable bonds is 5. The van der Waals surface area contributed by atoms with Gasteiger partial charge >= 0.3 is 0 Å².